The summed E-state index contributed by atoms with van der Waals surface area (Å²) in [6, 6.07) is 0. The lowest BCUT2D eigenvalue weighted by molar-refractivity contribution is 0.611. The van der Waals surface area contributed by atoms with E-state index in [1.165, 1.54) is 0 Å². The van der Waals surface area contributed by atoms with Gasteiger partial charge in [0.15, 0.2) is 0 Å². The van der Waals surface area contributed by atoms with Crippen LogP contribution in [0.25, 0.3) is 0 Å². The highest BCUT2D eigenvalue weighted by atomic mass is 35.5. The van der Waals surface area contributed by atoms with Gasteiger partial charge in [-0.2, -0.15) is 0 Å². The van der Waals surface area contributed by atoms with Crippen molar-refractivity contribution in [3.63, 3.8) is 0 Å². The highest BCUT2D eigenvalue weighted by Crippen LogP contribution is 1.93. The smallest absolute Gasteiger partial charge is 0.0960 e. The summed E-state index contributed by atoms with van der Waals surface area (Å²) in [5.74, 6) is 0. The van der Waals surface area contributed by atoms with Crippen LogP contribution in [0.3, 0.4) is 0 Å². The van der Waals surface area contributed by atoms with Gasteiger partial charge in [0.2, 0.25) is 0 Å². The molecule has 0 amide bonds. The first-order valence-corrected chi connectivity index (χ1v) is 3.52. The van der Waals surface area contributed by atoms with Crippen molar-refractivity contribution in [3.05, 3.63) is 0 Å². The average molecular weight is 172 g/mol. The van der Waals surface area contributed by atoms with Gasteiger partial charge in [-0.3, -0.25) is 5.32 Å². The zero-order valence-electron chi connectivity index (χ0n) is 4.98. The molecule has 0 spiro atoms. The van der Waals surface area contributed by atoms with E-state index in [0.29, 0.717) is 13.1 Å². The molecule has 0 aromatic rings. The Morgan fingerprint density at radius 2 is 1.44 bits per heavy atom. The molecule has 0 fully saturated rings. The second-order valence-electron chi connectivity index (χ2n) is 1.57. The minimum Gasteiger partial charge on any atom is -0.328 e. The summed E-state index contributed by atoms with van der Waals surface area (Å²) >= 11 is 11.1. The highest BCUT2D eigenvalue weighted by Gasteiger charge is 2.05. The zero-order valence-corrected chi connectivity index (χ0v) is 6.49. The summed E-state index contributed by atoms with van der Waals surface area (Å²) in [6.45, 7) is 0.704. The molecule has 0 aliphatic rings. The Morgan fingerprint density at radius 1 is 1.11 bits per heavy atom. The Labute approximate surface area is 64.7 Å². The minimum absolute atomic E-state index is 0.281. The Bertz CT molecular complexity index is 62.8. The van der Waals surface area contributed by atoms with E-state index >= 15 is 0 Å². The van der Waals surface area contributed by atoms with E-state index in [-0.39, 0.29) is 11.0 Å². The van der Waals surface area contributed by atoms with E-state index in [4.69, 9.17) is 34.7 Å². The van der Waals surface area contributed by atoms with Crippen LogP contribution in [-0.4, -0.2) is 24.1 Å². The van der Waals surface area contributed by atoms with Crippen molar-refractivity contribution >= 4 is 23.2 Å². The van der Waals surface area contributed by atoms with Gasteiger partial charge in [-0.15, -0.1) is 23.2 Å². The summed E-state index contributed by atoms with van der Waals surface area (Å²) in [4.78, 5) is 0. The molecule has 9 heavy (non-hydrogen) atoms. The number of nitrogens with two attached hydrogens (primary N) is 2. The van der Waals surface area contributed by atoms with Gasteiger partial charge in [0.1, 0.15) is 0 Å². The lowest BCUT2D eigenvalue weighted by atomic mass is 10.5. The van der Waals surface area contributed by atoms with Crippen molar-refractivity contribution in [2.24, 2.45) is 11.5 Å². The van der Waals surface area contributed by atoms with Gasteiger partial charge in [-0.1, -0.05) is 0 Å². The molecule has 5 N–H and O–H groups in total. The molecule has 0 saturated carbocycles. The molecule has 0 bridgehead atoms. The van der Waals surface area contributed by atoms with Crippen LogP contribution < -0.4 is 16.8 Å². The van der Waals surface area contributed by atoms with E-state index in [9.17, 15) is 0 Å². The van der Waals surface area contributed by atoms with E-state index in [1.54, 1.807) is 0 Å². The fourth-order valence-electron chi connectivity index (χ4n) is 0.332. The van der Waals surface area contributed by atoms with Gasteiger partial charge in [-0.05, 0) is 0 Å². The maximum atomic E-state index is 5.56. The van der Waals surface area contributed by atoms with E-state index in [0.717, 1.165) is 0 Å². The van der Waals surface area contributed by atoms with Crippen LogP contribution in [0.5, 0.6) is 0 Å². The monoisotopic (exact) mass is 171 g/mol. The first kappa shape index (κ1) is 9.46. The van der Waals surface area contributed by atoms with Crippen LogP contribution in [0, 0.1) is 0 Å². The summed E-state index contributed by atoms with van der Waals surface area (Å²) in [5.41, 5.74) is 9.80. The zero-order chi connectivity index (χ0) is 7.28. The quantitative estimate of drug-likeness (QED) is 0.400. The first-order chi connectivity index (χ1) is 4.20. The largest absolute Gasteiger partial charge is 0.328 e. The molecule has 56 valence electrons. The third-order valence-corrected chi connectivity index (χ3v) is 1.38. The van der Waals surface area contributed by atoms with Crippen LogP contribution >= 0.6 is 23.2 Å². The number of rotatable bonds is 4. The summed E-state index contributed by atoms with van der Waals surface area (Å²) in [7, 11) is 0. The van der Waals surface area contributed by atoms with Gasteiger partial charge >= 0.3 is 0 Å². The molecule has 3 nitrogen and oxygen atoms in total. The van der Waals surface area contributed by atoms with Crippen molar-refractivity contribution in [2.45, 2.75) is 11.0 Å². The van der Waals surface area contributed by atoms with Crippen molar-refractivity contribution in [2.75, 3.05) is 13.1 Å². The lowest BCUT2D eigenvalue weighted by Gasteiger charge is -2.12. The number of hydrogen-bond donors (Lipinski definition) is 3. The summed E-state index contributed by atoms with van der Waals surface area (Å²) in [5, 5.41) is 2.76. The predicted octanol–water partition coefficient (Wildman–Crippen LogP) is -0.377. The maximum Gasteiger partial charge on any atom is 0.0960 e. The Morgan fingerprint density at radius 3 is 1.67 bits per heavy atom. The second-order valence-corrected chi connectivity index (χ2v) is 2.63. The Hall–Kier alpha value is 0.460. The number of nitrogens with one attached hydrogen (secondary N) is 1. The molecular formula is C4H11Cl2N3. The van der Waals surface area contributed by atoms with Crippen molar-refractivity contribution < 1.29 is 0 Å². The maximum absolute atomic E-state index is 5.56. The number of alkyl halides is 2. The van der Waals surface area contributed by atoms with Crippen LogP contribution in [0.15, 0.2) is 0 Å². The molecule has 0 aliphatic carbocycles. The lowest BCUT2D eigenvalue weighted by Crippen LogP contribution is -2.40. The molecule has 2 unspecified atom stereocenters. The third kappa shape index (κ3) is 4.93. The van der Waals surface area contributed by atoms with Crippen LogP contribution in [0.4, 0.5) is 0 Å². The van der Waals surface area contributed by atoms with Gasteiger partial charge in [0.25, 0.3) is 0 Å². The normalized spacial score (nSPS) is 17.3. The number of halogens is 2. The van der Waals surface area contributed by atoms with Crippen LogP contribution in [0.2, 0.25) is 0 Å². The topological polar surface area (TPSA) is 64.1 Å². The van der Waals surface area contributed by atoms with Crippen molar-refractivity contribution in [1.29, 1.82) is 0 Å². The summed E-state index contributed by atoms with van der Waals surface area (Å²) in [6.07, 6.45) is 0. The van der Waals surface area contributed by atoms with Crippen molar-refractivity contribution in [3.8, 4) is 0 Å². The predicted molar refractivity (Wildman–Crippen MR) is 40.5 cm³/mol. The molecule has 0 aliphatic heterocycles. The fraction of sp³-hybridized carbons (Fsp3) is 1.00. The molecule has 0 aromatic heterocycles. The third-order valence-electron chi connectivity index (χ3n) is 0.776. The SMILES string of the molecule is NCC(Cl)NC(Cl)CN. The van der Waals surface area contributed by atoms with E-state index < -0.39 is 0 Å². The first-order valence-electron chi connectivity index (χ1n) is 2.65. The van der Waals surface area contributed by atoms with E-state index in [1.807, 2.05) is 0 Å². The summed E-state index contributed by atoms with van der Waals surface area (Å²) < 4.78 is 0. The van der Waals surface area contributed by atoms with Crippen molar-refractivity contribution in [1.82, 2.24) is 5.32 Å². The molecule has 5 heteroatoms. The molecular weight excluding hydrogens is 161 g/mol. The standard InChI is InChI=1S/C4H11Cl2N3/c5-3(1-7)9-4(6)2-8/h3-4,9H,1-2,7-8H2. The van der Waals surface area contributed by atoms with Gasteiger partial charge in [0, 0.05) is 13.1 Å². The highest BCUT2D eigenvalue weighted by molar-refractivity contribution is 6.23. The van der Waals surface area contributed by atoms with Gasteiger partial charge < -0.3 is 11.5 Å². The Kier molecular flexibility index (Phi) is 5.53. The Balaban J connectivity index is 3.22. The fourth-order valence-corrected chi connectivity index (χ4v) is 0.701. The van der Waals surface area contributed by atoms with Gasteiger partial charge in [-0.25, -0.2) is 0 Å². The second kappa shape index (κ2) is 5.26. The molecule has 0 aromatic carbocycles. The molecule has 0 saturated heterocycles. The molecule has 0 rings (SSSR count). The van der Waals surface area contributed by atoms with Crippen LogP contribution in [0.1, 0.15) is 0 Å². The molecule has 0 radical (unpaired) electrons. The molecule has 0 heterocycles. The minimum atomic E-state index is -0.281. The molecule has 2 atom stereocenters. The van der Waals surface area contributed by atoms with Crippen LogP contribution in [-0.2, 0) is 0 Å². The average Bonchev–Trinajstić information content (AvgIpc) is 1.87. The van der Waals surface area contributed by atoms with Gasteiger partial charge in [0.05, 0.1) is 11.0 Å². The number of hydrogen-bond acceptors (Lipinski definition) is 3. The van der Waals surface area contributed by atoms with E-state index in [2.05, 4.69) is 5.32 Å².